The van der Waals surface area contributed by atoms with Crippen molar-refractivity contribution in [3.05, 3.63) is 29.3 Å². The first-order valence-electron chi connectivity index (χ1n) is 9.95. The maximum absolute atomic E-state index is 12.8. The predicted molar refractivity (Wildman–Crippen MR) is 110 cm³/mol. The molecule has 2 N–H and O–H groups in total. The summed E-state index contributed by atoms with van der Waals surface area (Å²) in [6, 6.07) is 4.89. The molecule has 2 rings (SSSR count). The molecule has 1 aromatic rings. The number of carbonyl (C=O) groups excluding carboxylic acids is 1. The van der Waals surface area contributed by atoms with Gasteiger partial charge in [0.05, 0.1) is 18.1 Å². The summed E-state index contributed by atoms with van der Waals surface area (Å²) in [7, 11) is -3.60. The molecule has 0 saturated carbocycles. The van der Waals surface area contributed by atoms with Gasteiger partial charge in [-0.2, -0.15) is 0 Å². The number of hydrogen-bond acceptors (Lipinski definition) is 5. The van der Waals surface area contributed by atoms with Crippen molar-refractivity contribution in [1.29, 1.82) is 0 Å². The van der Waals surface area contributed by atoms with E-state index >= 15 is 0 Å². The van der Waals surface area contributed by atoms with Crippen molar-refractivity contribution in [1.82, 2.24) is 14.9 Å². The van der Waals surface area contributed by atoms with Gasteiger partial charge in [-0.05, 0) is 37.0 Å². The molecule has 1 aliphatic heterocycles. The Hall–Kier alpha value is -1.48. The summed E-state index contributed by atoms with van der Waals surface area (Å²) < 4.78 is 32.4. The zero-order valence-corrected chi connectivity index (χ0v) is 18.1. The second kappa shape index (κ2) is 10.3. The maximum Gasteiger partial charge on any atom is 0.251 e. The van der Waals surface area contributed by atoms with Crippen molar-refractivity contribution in [2.24, 2.45) is 5.92 Å². The fraction of sp³-hybridized carbons (Fsp3) is 0.650. The first kappa shape index (κ1) is 22.8. The monoisotopic (exact) mass is 411 g/mol. The second-order valence-corrected chi connectivity index (χ2v) is 9.39. The van der Waals surface area contributed by atoms with E-state index in [1.807, 2.05) is 6.92 Å². The Bertz CT molecular complexity index is 759. The molecule has 1 aromatic carbocycles. The van der Waals surface area contributed by atoms with E-state index in [-0.39, 0.29) is 16.8 Å². The third-order valence-corrected chi connectivity index (χ3v) is 6.45. The molecule has 0 spiro atoms. The third kappa shape index (κ3) is 6.27. The first-order chi connectivity index (χ1) is 13.2. The van der Waals surface area contributed by atoms with Crippen LogP contribution in [0.25, 0.3) is 0 Å². The zero-order valence-electron chi connectivity index (χ0n) is 17.3. The van der Waals surface area contributed by atoms with Crippen LogP contribution in [0.1, 0.15) is 43.1 Å². The van der Waals surface area contributed by atoms with Crippen molar-refractivity contribution in [3.63, 3.8) is 0 Å². The lowest BCUT2D eigenvalue weighted by atomic mass is 10.0. The van der Waals surface area contributed by atoms with E-state index in [2.05, 4.69) is 28.8 Å². The van der Waals surface area contributed by atoms with Crippen molar-refractivity contribution in [2.45, 2.75) is 45.1 Å². The molecule has 1 unspecified atom stereocenters. The van der Waals surface area contributed by atoms with E-state index in [1.165, 1.54) is 12.1 Å². The lowest BCUT2D eigenvalue weighted by molar-refractivity contribution is 0.0124. The molecular weight excluding hydrogens is 378 g/mol. The summed E-state index contributed by atoms with van der Waals surface area (Å²) in [6.45, 7) is 11.9. The molecule has 1 atom stereocenters. The number of rotatable bonds is 9. The largest absolute Gasteiger partial charge is 0.379 e. The highest BCUT2D eigenvalue weighted by molar-refractivity contribution is 7.89. The van der Waals surface area contributed by atoms with Crippen LogP contribution < -0.4 is 10.0 Å². The van der Waals surface area contributed by atoms with Crippen LogP contribution in [0, 0.1) is 12.8 Å². The van der Waals surface area contributed by atoms with Crippen LogP contribution in [0.2, 0.25) is 0 Å². The predicted octanol–water partition coefficient (Wildman–Crippen LogP) is 1.77. The second-order valence-electron chi connectivity index (χ2n) is 7.62. The van der Waals surface area contributed by atoms with Crippen molar-refractivity contribution in [3.8, 4) is 0 Å². The lowest BCUT2D eigenvalue weighted by Crippen LogP contribution is -2.49. The fourth-order valence-corrected chi connectivity index (χ4v) is 4.51. The van der Waals surface area contributed by atoms with E-state index in [9.17, 15) is 13.2 Å². The number of benzene rings is 1. The number of nitrogens with zero attached hydrogens (tertiary/aromatic N) is 1. The molecule has 8 heteroatoms. The molecule has 1 fully saturated rings. The summed E-state index contributed by atoms with van der Waals surface area (Å²) >= 11 is 0. The van der Waals surface area contributed by atoms with E-state index in [0.29, 0.717) is 37.8 Å². The zero-order chi connectivity index (χ0) is 20.7. The van der Waals surface area contributed by atoms with Gasteiger partial charge in [-0.1, -0.05) is 26.8 Å². The Balaban J connectivity index is 2.12. The van der Waals surface area contributed by atoms with Gasteiger partial charge in [0.2, 0.25) is 10.0 Å². The van der Waals surface area contributed by atoms with Crippen LogP contribution in [-0.2, 0) is 14.8 Å². The number of amides is 1. The van der Waals surface area contributed by atoms with Crippen LogP contribution in [0.15, 0.2) is 23.1 Å². The highest BCUT2D eigenvalue weighted by atomic mass is 32.2. The van der Waals surface area contributed by atoms with E-state index in [1.54, 1.807) is 13.0 Å². The number of morpholine rings is 1. The molecule has 1 amide bonds. The quantitative estimate of drug-likeness (QED) is 0.647. The molecule has 28 heavy (non-hydrogen) atoms. The van der Waals surface area contributed by atoms with Gasteiger partial charge in [-0.3, -0.25) is 9.69 Å². The van der Waals surface area contributed by atoms with Gasteiger partial charge in [0.1, 0.15) is 0 Å². The van der Waals surface area contributed by atoms with Crippen LogP contribution in [-0.4, -0.2) is 64.7 Å². The minimum absolute atomic E-state index is 0.108. The molecule has 7 nitrogen and oxygen atoms in total. The Labute approximate surface area is 168 Å². The van der Waals surface area contributed by atoms with Gasteiger partial charge in [-0.15, -0.1) is 0 Å². The van der Waals surface area contributed by atoms with Gasteiger partial charge >= 0.3 is 0 Å². The molecular formula is C20H33N3O4S. The number of aryl methyl sites for hydroxylation is 1. The van der Waals surface area contributed by atoms with Crippen molar-refractivity contribution in [2.75, 3.05) is 39.4 Å². The number of nitrogens with one attached hydrogen (secondary N) is 2. The normalized spacial score (nSPS) is 16.9. The van der Waals surface area contributed by atoms with Crippen molar-refractivity contribution < 1.29 is 17.9 Å². The Morgan fingerprint density at radius 2 is 1.93 bits per heavy atom. The minimum Gasteiger partial charge on any atom is -0.379 e. The van der Waals surface area contributed by atoms with Crippen LogP contribution >= 0.6 is 0 Å². The first-order valence-corrected chi connectivity index (χ1v) is 11.4. The third-order valence-electron chi connectivity index (χ3n) is 4.90. The van der Waals surface area contributed by atoms with Crippen LogP contribution in [0.3, 0.4) is 0 Å². The number of carbonyl (C=O) groups is 1. The van der Waals surface area contributed by atoms with Gasteiger partial charge in [0, 0.05) is 37.8 Å². The van der Waals surface area contributed by atoms with Crippen molar-refractivity contribution >= 4 is 15.9 Å². The molecule has 0 aromatic heterocycles. The number of sulfonamides is 1. The summed E-state index contributed by atoms with van der Waals surface area (Å²) in [6.07, 6.45) is 0.980. The van der Waals surface area contributed by atoms with Gasteiger partial charge < -0.3 is 10.1 Å². The summed E-state index contributed by atoms with van der Waals surface area (Å²) in [5.41, 5.74) is 1.14. The lowest BCUT2D eigenvalue weighted by Gasteiger charge is -2.35. The van der Waals surface area contributed by atoms with E-state index in [4.69, 9.17) is 4.74 Å². The highest BCUT2D eigenvalue weighted by Crippen LogP contribution is 2.17. The Morgan fingerprint density at radius 3 is 2.54 bits per heavy atom. The highest BCUT2D eigenvalue weighted by Gasteiger charge is 2.23. The molecule has 0 radical (unpaired) electrons. The molecule has 158 valence electrons. The van der Waals surface area contributed by atoms with E-state index < -0.39 is 10.0 Å². The van der Waals surface area contributed by atoms with E-state index in [0.717, 1.165) is 25.1 Å². The van der Waals surface area contributed by atoms with Gasteiger partial charge in [0.15, 0.2) is 0 Å². The Morgan fingerprint density at radius 1 is 1.25 bits per heavy atom. The van der Waals surface area contributed by atoms with Crippen LogP contribution in [0.4, 0.5) is 0 Å². The maximum atomic E-state index is 12.8. The summed E-state index contributed by atoms with van der Waals surface area (Å²) in [4.78, 5) is 15.3. The standard InChI is InChI=1S/C20H33N3O4S/c1-5-22-28(25,26)18-7-6-16(4)19(13-18)20(24)21-14-17(12-15(2)3)23-8-10-27-11-9-23/h6-7,13,15,17,22H,5,8-12,14H2,1-4H3,(H,21,24). The van der Waals surface area contributed by atoms with Gasteiger partial charge in [-0.25, -0.2) is 13.1 Å². The average molecular weight is 412 g/mol. The summed E-state index contributed by atoms with van der Waals surface area (Å²) in [5.74, 6) is 0.271. The molecule has 0 bridgehead atoms. The molecule has 0 aliphatic carbocycles. The smallest absolute Gasteiger partial charge is 0.251 e. The summed E-state index contributed by atoms with van der Waals surface area (Å²) in [5, 5.41) is 3.02. The Kier molecular flexibility index (Phi) is 8.42. The number of ether oxygens (including phenoxy) is 1. The van der Waals surface area contributed by atoms with Crippen LogP contribution in [0.5, 0.6) is 0 Å². The SMILES string of the molecule is CCNS(=O)(=O)c1ccc(C)c(C(=O)NCC(CC(C)C)N2CCOCC2)c1. The fourth-order valence-electron chi connectivity index (χ4n) is 3.44. The molecule has 1 saturated heterocycles. The molecule has 1 heterocycles. The minimum atomic E-state index is -3.60. The van der Waals surface area contributed by atoms with Gasteiger partial charge in [0.25, 0.3) is 5.91 Å². The molecule has 1 aliphatic rings. The number of hydrogen-bond donors (Lipinski definition) is 2. The topological polar surface area (TPSA) is 87.7 Å². The average Bonchev–Trinajstić information content (AvgIpc) is 2.65.